The van der Waals surface area contributed by atoms with Crippen molar-refractivity contribution < 1.29 is 14.7 Å². The first-order valence-corrected chi connectivity index (χ1v) is 7.52. The first kappa shape index (κ1) is 15.1. The third-order valence-electron chi connectivity index (χ3n) is 3.95. The second-order valence-corrected chi connectivity index (χ2v) is 5.61. The average Bonchev–Trinajstić information content (AvgIpc) is 2.55. The molecule has 3 rings (SSSR count). The number of amides is 2. The lowest BCUT2D eigenvalue weighted by Gasteiger charge is -2.35. The van der Waals surface area contributed by atoms with Gasteiger partial charge in [0.2, 0.25) is 11.8 Å². The van der Waals surface area contributed by atoms with Crippen molar-refractivity contribution in [3.05, 3.63) is 65.7 Å². The number of hydrogen-bond acceptors (Lipinski definition) is 3. The maximum absolute atomic E-state index is 12.3. The molecule has 0 aromatic heterocycles. The van der Waals surface area contributed by atoms with E-state index in [-0.39, 0.29) is 24.1 Å². The molecule has 1 saturated heterocycles. The maximum Gasteiger partial charge on any atom is 0.243 e. The van der Waals surface area contributed by atoms with E-state index in [9.17, 15) is 14.7 Å². The molecule has 0 aliphatic carbocycles. The predicted molar refractivity (Wildman–Crippen MR) is 85.6 cm³/mol. The molecule has 0 saturated carbocycles. The second-order valence-electron chi connectivity index (χ2n) is 5.61. The number of phenols is 1. The van der Waals surface area contributed by atoms with Crippen LogP contribution in [0.15, 0.2) is 54.6 Å². The minimum absolute atomic E-state index is 0.0168. The minimum Gasteiger partial charge on any atom is -0.508 e. The van der Waals surface area contributed by atoms with Crippen LogP contribution >= 0.6 is 0 Å². The summed E-state index contributed by atoms with van der Waals surface area (Å²) >= 11 is 0. The van der Waals surface area contributed by atoms with Gasteiger partial charge in [-0.25, -0.2) is 0 Å². The lowest BCUT2D eigenvalue weighted by molar-refractivity contribution is -0.146. The SMILES string of the molecule is O=C1NCC(=O)N(Cc2cccc(O)c2)[C@H]1Cc1ccccc1. The van der Waals surface area contributed by atoms with Crippen molar-refractivity contribution in [2.24, 2.45) is 0 Å². The van der Waals surface area contributed by atoms with Gasteiger partial charge in [0.05, 0.1) is 6.54 Å². The van der Waals surface area contributed by atoms with Crippen molar-refractivity contribution in [3.63, 3.8) is 0 Å². The summed E-state index contributed by atoms with van der Waals surface area (Å²) in [6, 6.07) is 15.8. The summed E-state index contributed by atoms with van der Waals surface area (Å²) in [7, 11) is 0. The van der Waals surface area contributed by atoms with E-state index in [1.807, 2.05) is 36.4 Å². The summed E-state index contributed by atoms with van der Waals surface area (Å²) in [6.07, 6.45) is 0.469. The van der Waals surface area contributed by atoms with Gasteiger partial charge in [-0.1, -0.05) is 42.5 Å². The third-order valence-corrected chi connectivity index (χ3v) is 3.95. The normalized spacial score (nSPS) is 17.9. The molecule has 0 spiro atoms. The van der Waals surface area contributed by atoms with Crippen LogP contribution in [0.3, 0.4) is 0 Å². The zero-order valence-electron chi connectivity index (χ0n) is 12.6. The highest BCUT2D eigenvalue weighted by atomic mass is 16.3. The number of carbonyl (C=O) groups excluding carboxylic acids is 2. The van der Waals surface area contributed by atoms with Crippen molar-refractivity contribution in [2.75, 3.05) is 6.54 Å². The Labute approximate surface area is 134 Å². The van der Waals surface area contributed by atoms with E-state index in [0.717, 1.165) is 11.1 Å². The fourth-order valence-corrected chi connectivity index (χ4v) is 2.79. The Hall–Kier alpha value is -2.82. The first-order valence-electron chi connectivity index (χ1n) is 7.52. The molecular weight excluding hydrogens is 292 g/mol. The van der Waals surface area contributed by atoms with Gasteiger partial charge in [-0.2, -0.15) is 0 Å². The Kier molecular flexibility index (Phi) is 4.28. The maximum atomic E-state index is 12.3. The number of rotatable bonds is 4. The Morgan fingerprint density at radius 3 is 2.52 bits per heavy atom. The predicted octanol–water partition coefficient (Wildman–Crippen LogP) is 1.46. The van der Waals surface area contributed by atoms with E-state index in [0.29, 0.717) is 13.0 Å². The van der Waals surface area contributed by atoms with Gasteiger partial charge in [0.1, 0.15) is 11.8 Å². The number of hydrogen-bond donors (Lipinski definition) is 2. The number of nitrogens with one attached hydrogen (secondary N) is 1. The lowest BCUT2D eigenvalue weighted by Crippen LogP contribution is -2.58. The highest BCUT2D eigenvalue weighted by Crippen LogP contribution is 2.18. The number of aromatic hydroxyl groups is 1. The van der Waals surface area contributed by atoms with Gasteiger partial charge in [-0.15, -0.1) is 0 Å². The monoisotopic (exact) mass is 310 g/mol. The molecule has 0 bridgehead atoms. The van der Waals surface area contributed by atoms with E-state index < -0.39 is 6.04 Å². The summed E-state index contributed by atoms with van der Waals surface area (Å²) in [6.45, 7) is 0.321. The molecule has 5 nitrogen and oxygen atoms in total. The van der Waals surface area contributed by atoms with Crippen LogP contribution in [0.4, 0.5) is 0 Å². The third kappa shape index (κ3) is 3.51. The lowest BCUT2D eigenvalue weighted by atomic mass is 10.0. The number of nitrogens with zero attached hydrogens (tertiary/aromatic N) is 1. The van der Waals surface area contributed by atoms with Crippen LogP contribution in [0.2, 0.25) is 0 Å². The molecule has 5 heteroatoms. The summed E-state index contributed by atoms with van der Waals surface area (Å²) in [4.78, 5) is 26.1. The van der Waals surface area contributed by atoms with Crippen LogP contribution in [-0.4, -0.2) is 34.4 Å². The van der Waals surface area contributed by atoms with E-state index >= 15 is 0 Å². The molecule has 1 atom stereocenters. The Morgan fingerprint density at radius 1 is 1.04 bits per heavy atom. The standard InChI is InChI=1S/C18H18N2O3/c21-15-8-4-7-14(9-15)12-20-16(18(23)19-11-17(20)22)10-13-5-2-1-3-6-13/h1-9,16,21H,10-12H2,(H,19,23)/t16-/m0/s1. The fourth-order valence-electron chi connectivity index (χ4n) is 2.79. The van der Waals surface area contributed by atoms with Crippen molar-refractivity contribution >= 4 is 11.8 Å². The number of carbonyl (C=O) groups is 2. The van der Waals surface area contributed by atoms with Gasteiger partial charge in [0, 0.05) is 13.0 Å². The van der Waals surface area contributed by atoms with Gasteiger partial charge in [0.25, 0.3) is 0 Å². The molecule has 23 heavy (non-hydrogen) atoms. The highest BCUT2D eigenvalue weighted by molar-refractivity contribution is 5.95. The molecule has 2 amide bonds. The molecular formula is C18H18N2O3. The van der Waals surface area contributed by atoms with E-state index in [1.54, 1.807) is 23.1 Å². The largest absolute Gasteiger partial charge is 0.508 e. The van der Waals surface area contributed by atoms with Crippen molar-refractivity contribution in [3.8, 4) is 5.75 Å². The molecule has 2 N–H and O–H groups in total. The number of benzene rings is 2. The van der Waals surface area contributed by atoms with E-state index in [2.05, 4.69) is 5.32 Å². The number of piperazine rings is 1. The van der Waals surface area contributed by atoms with Crippen LogP contribution in [0.25, 0.3) is 0 Å². The Bertz CT molecular complexity index is 715. The van der Waals surface area contributed by atoms with Gasteiger partial charge < -0.3 is 15.3 Å². The van der Waals surface area contributed by atoms with Crippen LogP contribution in [-0.2, 0) is 22.6 Å². The fraction of sp³-hybridized carbons (Fsp3) is 0.222. The molecule has 1 aliphatic heterocycles. The quantitative estimate of drug-likeness (QED) is 0.898. The Balaban J connectivity index is 1.83. The molecule has 2 aromatic carbocycles. The van der Waals surface area contributed by atoms with Gasteiger partial charge in [-0.05, 0) is 23.3 Å². The second kappa shape index (κ2) is 6.52. The van der Waals surface area contributed by atoms with Crippen LogP contribution in [0.5, 0.6) is 5.75 Å². The molecule has 118 valence electrons. The summed E-state index contributed by atoms with van der Waals surface area (Å²) in [5.41, 5.74) is 1.80. The van der Waals surface area contributed by atoms with Gasteiger partial charge in [-0.3, -0.25) is 9.59 Å². The van der Waals surface area contributed by atoms with Crippen molar-refractivity contribution in [1.82, 2.24) is 10.2 Å². The van der Waals surface area contributed by atoms with E-state index in [1.165, 1.54) is 0 Å². The molecule has 1 fully saturated rings. The zero-order chi connectivity index (χ0) is 16.2. The molecule has 1 aliphatic rings. The van der Waals surface area contributed by atoms with E-state index in [4.69, 9.17) is 0 Å². The summed E-state index contributed by atoms with van der Waals surface area (Å²) in [5, 5.41) is 12.2. The molecule has 1 heterocycles. The highest BCUT2D eigenvalue weighted by Gasteiger charge is 2.34. The minimum atomic E-state index is -0.541. The van der Waals surface area contributed by atoms with Crippen molar-refractivity contribution in [1.29, 1.82) is 0 Å². The Morgan fingerprint density at radius 2 is 1.78 bits per heavy atom. The molecule has 0 radical (unpaired) electrons. The van der Waals surface area contributed by atoms with Gasteiger partial charge >= 0.3 is 0 Å². The molecule has 2 aromatic rings. The summed E-state index contributed by atoms with van der Waals surface area (Å²) in [5.74, 6) is -0.113. The van der Waals surface area contributed by atoms with Crippen LogP contribution < -0.4 is 5.32 Å². The first-order chi connectivity index (χ1) is 11.1. The van der Waals surface area contributed by atoms with Crippen LogP contribution in [0, 0.1) is 0 Å². The summed E-state index contributed by atoms with van der Waals surface area (Å²) < 4.78 is 0. The smallest absolute Gasteiger partial charge is 0.243 e. The van der Waals surface area contributed by atoms with Crippen molar-refractivity contribution in [2.45, 2.75) is 19.0 Å². The zero-order valence-corrected chi connectivity index (χ0v) is 12.6. The average molecular weight is 310 g/mol. The topological polar surface area (TPSA) is 69.6 Å². The number of phenolic OH excluding ortho intramolecular Hbond substituents is 1. The van der Waals surface area contributed by atoms with Crippen LogP contribution in [0.1, 0.15) is 11.1 Å². The van der Waals surface area contributed by atoms with Gasteiger partial charge in [0.15, 0.2) is 0 Å². The molecule has 0 unspecified atom stereocenters.